The highest BCUT2D eigenvalue weighted by Crippen LogP contribution is 2.55. The van der Waals surface area contributed by atoms with Crippen LogP contribution in [0.4, 0.5) is 10.1 Å². The lowest BCUT2D eigenvalue weighted by Gasteiger charge is -2.63. The van der Waals surface area contributed by atoms with E-state index < -0.39 is 52.2 Å². The summed E-state index contributed by atoms with van der Waals surface area (Å²) in [6, 6.07) is 14.0. The Bertz CT molecular complexity index is 2220. The number of hydrogen-bond acceptors (Lipinski definition) is 9. The normalized spacial score (nSPS) is 24.1. The second-order valence-corrected chi connectivity index (χ2v) is 17.6. The molecule has 4 aliphatic heterocycles. The summed E-state index contributed by atoms with van der Waals surface area (Å²) in [6.45, 7) is 11.6. The van der Waals surface area contributed by atoms with Crippen LogP contribution in [0.2, 0.25) is 5.02 Å². The van der Waals surface area contributed by atoms with E-state index in [4.69, 9.17) is 16.3 Å². The summed E-state index contributed by atoms with van der Waals surface area (Å²) in [5.41, 5.74) is 2.67. The second kappa shape index (κ2) is 14.3. The molecule has 0 bridgehead atoms. The number of piperidine rings is 2. The number of fused-ring (bicyclic) bond motifs is 2. The molecule has 3 fully saturated rings. The van der Waals surface area contributed by atoms with Gasteiger partial charge in [-0.1, -0.05) is 39.3 Å². The maximum absolute atomic E-state index is 15.6. The molecular weight excluding hydrogens is 751 g/mol. The number of nitrogens with one attached hydrogen (secondary N) is 2. The molecule has 1 atom stereocenters. The highest BCUT2D eigenvalue weighted by Gasteiger charge is 2.64. The summed E-state index contributed by atoms with van der Waals surface area (Å²) >= 11 is 6.22. The molecule has 12 nitrogen and oxygen atoms in total. The lowest BCUT2D eigenvalue weighted by molar-refractivity contribution is -0.164. The van der Waals surface area contributed by atoms with Crippen LogP contribution in [0, 0.1) is 33.9 Å². The first-order chi connectivity index (χ1) is 27.1. The van der Waals surface area contributed by atoms with E-state index in [1.807, 2.05) is 33.8 Å². The number of imide groups is 2. The molecule has 3 aromatic rings. The van der Waals surface area contributed by atoms with Crippen LogP contribution in [-0.2, 0) is 22.7 Å². The van der Waals surface area contributed by atoms with E-state index in [0.717, 1.165) is 54.2 Å². The molecule has 0 spiro atoms. The molecule has 5 amide bonds. The Morgan fingerprint density at radius 1 is 0.947 bits per heavy atom. The average molecular weight is 795 g/mol. The highest BCUT2D eigenvalue weighted by atomic mass is 35.5. The Balaban J connectivity index is 0.838. The minimum atomic E-state index is -0.988. The van der Waals surface area contributed by atoms with Crippen molar-refractivity contribution in [2.24, 2.45) is 16.7 Å². The van der Waals surface area contributed by atoms with Gasteiger partial charge in [-0.2, -0.15) is 5.26 Å². The Labute approximate surface area is 335 Å². The first kappa shape index (κ1) is 38.5. The van der Waals surface area contributed by atoms with Crippen molar-refractivity contribution in [3.8, 4) is 11.8 Å². The van der Waals surface area contributed by atoms with E-state index in [0.29, 0.717) is 46.5 Å². The maximum Gasteiger partial charge on any atom is 0.262 e. The summed E-state index contributed by atoms with van der Waals surface area (Å²) in [5.74, 6) is -2.16. The quantitative estimate of drug-likeness (QED) is 0.278. The predicted octanol–water partition coefficient (Wildman–Crippen LogP) is 5.60. The number of ether oxygens (including phenoxy) is 1. The number of nitrogens with zero attached hydrogens (tertiary/aromatic N) is 4. The van der Waals surface area contributed by atoms with Crippen molar-refractivity contribution in [3.05, 3.63) is 92.8 Å². The Hall–Kier alpha value is -5.32. The van der Waals surface area contributed by atoms with Gasteiger partial charge in [0.25, 0.3) is 17.7 Å². The van der Waals surface area contributed by atoms with Crippen molar-refractivity contribution in [3.63, 3.8) is 0 Å². The van der Waals surface area contributed by atoms with E-state index in [1.165, 1.54) is 6.07 Å². The van der Waals surface area contributed by atoms with Gasteiger partial charge in [0.2, 0.25) is 11.8 Å². The fourth-order valence-corrected chi connectivity index (χ4v) is 10.2. The summed E-state index contributed by atoms with van der Waals surface area (Å²) in [6.07, 6.45) is 1.71. The number of nitriles is 1. The van der Waals surface area contributed by atoms with Gasteiger partial charge in [-0.15, -0.1) is 0 Å². The zero-order valence-electron chi connectivity index (χ0n) is 32.3. The molecule has 296 valence electrons. The van der Waals surface area contributed by atoms with Crippen molar-refractivity contribution in [1.29, 1.82) is 5.26 Å². The average Bonchev–Trinajstić information content (AvgIpc) is 3.67. The molecule has 2 saturated heterocycles. The first-order valence-corrected chi connectivity index (χ1v) is 19.8. The largest absolute Gasteiger partial charge is 0.489 e. The second-order valence-electron chi connectivity index (χ2n) is 17.2. The van der Waals surface area contributed by atoms with Crippen LogP contribution in [0.25, 0.3) is 0 Å². The smallest absolute Gasteiger partial charge is 0.262 e. The third-order valence-electron chi connectivity index (χ3n) is 12.7. The van der Waals surface area contributed by atoms with E-state index in [9.17, 15) is 29.2 Å². The summed E-state index contributed by atoms with van der Waals surface area (Å²) in [7, 11) is 0. The molecule has 8 rings (SSSR count). The van der Waals surface area contributed by atoms with E-state index in [2.05, 4.69) is 20.4 Å². The van der Waals surface area contributed by atoms with Gasteiger partial charge < -0.3 is 15.0 Å². The van der Waals surface area contributed by atoms with Crippen LogP contribution in [-0.4, -0.2) is 77.2 Å². The molecular formula is C43H44ClFN6O6. The lowest BCUT2D eigenvalue weighted by Crippen LogP contribution is -2.74. The Morgan fingerprint density at radius 2 is 1.60 bits per heavy atom. The highest BCUT2D eigenvalue weighted by molar-refractivity contribution is 6.31. The van der Waals surface area contributed by atoms with Crippen LogP contribution < -0.4 is 20.3 Å². The zero-order chi connectivity index (χ0) is 40.6. The molecule has 3 aromatic carbocycles. The summed E-state index contributed by atoms with van der Waals surface area (Å²) in [5, 5.41) is 14.8. The van der Waals surface area contributed by atoms with Gasteiger partial charge in [0, 0.05) is 67.8 Å². The maximum atomic E-state index is 15.6. The molecule has 2 N–H and O–H groups in total. The molecule has 5 aliphatic rings. The van der Waals surface area contributed by atoms with E-state index in [-0.39, 0.29) is 30.6 Å². The number of carbonyl (C=O) groups excluding carboxylic acids is 5. The van der Waals surface area contributed by atoms with Crippen molar-refractivity contribution >= 4 is 46.8 Å². The molecule has 1 aliphatic carbocycles. The van der Waals surface area contributed by atoms with Crippen molar-refractivity contribution in [2.45, 2.75) is 84.7 Å². The van der Waals surface area contributed by atoms with Crippen molar-refractivity contribution in [1.82, 2.24) is 20.4 Å². The van der Waals surface area contributed by atoms with Gasteiger partial charge in [-0.3, -0.25) is 39.1 Å². The van der Waals surface area contributed by atoms with Crippen molar-refractivity contribution in [2.75, 3.05) is 24.5 Å². The summed E-state index contributed by atoms with van der Waals surface area (Å²) in [4.78, 5) is 69.6. The number of halogens is 2. The number of hydrogen-bond donors (Lipinski definition) is 2. The number of benzene rings is 3. The minimum absolute atomic E-state index is 0.0184. The van der Waals surface area contributed by atoms with E-state index >= 15 is 4.39 Å². The third-order valence-corrected chi connectivity index (χ3v) is 13.0. The molecule has 0 aromatic heterocycles. The van der Waals surface area contributed by atoms with Crippen LogP contribution in [0.5, 0.6) is 5.75 Å². The SMILES string of the molecule is CC1(C)C(NC(=O)c2ccc(N3CCC(CN4Cc5cc6c(cc5C4)C(=O)N(C4CCC(=O)NC4=O)C6=O)CC3)cc2F)C(C)(C)C1Oc1ccc(C#N)c(Cl)c1. The van der Waals surface area contributed by atoms with Crippen LogP contribution in [0.1, 0.15) is 101 Å². The summed E-state index contributed by atoms with van der Waals surface area (Å²) < 4.78 is 21.9. The van der Waals surface area contributed by atoms with Gasteiger partial charge >= 0.3 is 0 Å². The fourth-order valence-electron chi connectivity index (χ4n) is 10.00. The first-order valence-electron chi connectivity index (χ1n) is 19.4. The monoisotopic (exact) mass is 794 g/mol. The zero-order valence-corrected chi connectivity index (χ0v) is 33.0. The number of rotatable bonds is 8. The van der Waals surface area contributed by atoms with Crippen LogP contribution in [0.3, 0.4) is 0 Å². The molecule has 57 heavy (non-hydrogen) atoms. The minimum Gasteiger partial charge on any atom is -0.489 e. The molecule has 14 heteroatoms. The van der Waals surface area contributed by atoms with Gasteiger partial charge in [0.05, 0.1) is 27.3 Å². The predicted molar refractivity (Wildman–Crippen MR) is 208 cm³/mol. The third kappa shape index (κ3) is 6.72. The molecule has 0 radical (unpaired) electrons. The van der Waals surface area contributed by atoms with Crippen molar-refractivity contribution < 1.29 is 33.1 Å². The lowest BCUT2D eigenvalue weighted by atomic mass is 9.49. The Kier molecular flexibility index (Phi) is 9.64. The molecule has 1 saturated carbocycles. The number of anilines is 1. The standard InChI is InChI=1S/C43H44ClFN6O6/c1-42(2)40(43(3,4)41(42)57-28-7-5-24(19-46)32(44)18-28)48-36(53)29-8-6-27(17-33(29)45)50-13-11-23(12-14-50)20-49-21-25-15-30-31(16-26(25)22-49)39(56)51(38(30)55)34-9-10-35(52)47-37(34)54/h5-8,15-18,23,34,40-41H,9-14,20-22H2,1-4H3,(H,48,53)(H,47,52,54). The Morgan fingerprint density at radius 3 is 2.18 bits per heavy atom. The number of amides is 5. The van der Waals surface area contributed by atoms with Crippen LogP contribution >= 0.6 is 11.6 Å². The number of carbonyl (C=O) groups is 5. The van der Waals surface area contributed by atoms with Gasteiger partial charge in [-0.05, 0) is 78.8 Å². The van der Waals surface area contributed by atoms with Gasteiger partial charge in [0.15, 0.2) is 0 Å². The molecule has 4 heterocycles. The molecule has 1 unspecified atom stereocenters. The van der Waals surface area contributed by atoms with E-state index in [1.54, 1.807) is 42.5 Å². The van der Waals surface area contributed by atoms with Gasteiger partial charge in [-0.25, -0.2) is 4.39 Å². The topological polar surface area (TPSA) is 152 Å². The fraction of sp³-hybridized carbons (Fsp3) is 0.442. The van der Waals surface area contributed by atoms with Crippen LogP contribution in [0.15, 0.2) is 48.5 Å². The van der Waals surface area contributed by atoms with Gasteiger partial charge in [0.1, 0.15) is 29.8 Å².